The molecule has 1 aliphatic heterocycles. The number of nitrogens with one attached hydrogen (secondary N) is 2. The van der Waals surface area contributed by atoms with Gasteiger partial charge in [-0.1, -0.05) is 42.5 Å². The topological polar surface area (TPSA) is 84.8 Å². The Labute approximate surface area is 185 Å². The minimum atomic E-state index is -0.170. The van der Waals surface area contributed by atoms with Crippen LogP contribution in [-0.4, -0.2) is 43.0 Å². The monoisotopic (exact) mass is 436 g/mol. The number of hydrogen-bond donors (Lipinski definition) is 2. The van der Waals surface area contributed by atoms with Crippen LogP contribution in [0.3, 0.4) is 0 Å². The summed E-state index contributed by atoms with van der Waals surface area (Å²) in [5.41, 5.74) is 5.69. The van der Waals surface area contributed by atoms with Crippen molar-refractivity contribution in [1.82, 2.24) is 10.3 Å². The second-order valence-corrected chi connectivity index (χ2v) is 7.90. The van der Waals surface area contributed by atoms with Gasteiger partial charge in [-0.15, -0.1) is 11.3 Å². The Morgan fingerprint density at radius 2 is 2.06 bits per heavy atom. The molecule has 2 heterocycles. The minimum Gasteiger partial charge on any atom is -0.483 e. The molecule has 1 amide bonds. The summed E-state index contributed by atoms with van der Waals surface area (Å²) in [4.78, 5) is 16.6. The van der Waals surface area contributed by atoms with Gasteiger partial charge in [-0.2, -0.15) is 5.10 Å². The fraction of sp³-hybridized carbons (Fsp3) is 0.261. The molecular weight excluding hydrogens is 412 g/mol. The molecule has 0 bridgehead atoms. The average Bonchev–Trinajstić information content (AvgIpc) is 3.50. The summed E-state index contributed by atoms with van der Waals surface area (Å²) in [5.74, 6) is 0.418. The number of hydrazone groups is 1. The Morgan fingerprint density at radius 1 is 1.23 bits per heavy atom. The molecule has 8 heteroatoms. The second-order valence-electron chi connectivity index (χ2n) is 7.04. The molecular formula is C23H24N4O3S. The van der Waals surface area contributed by atoms with Crippen LogP contribution in [0.4, 0.5) is 5.13 Å². The molecule has 1 aliphatic rings. The van der Waals surface area contributed by atoms with Gasteiger partial charge >= 0.3 is 0 Å². The first-order valence-electron chi connectivity index (χ1n) is 10.2. The predicted octanol–water partition coefficient (Wildman–Crippen LogP) is 3.93. The third-order valence-electron chi connectivity index (χ3n) is 4.77. The molecule has 4 rings (SSSR count). The molecule has 2 N–H and O–H groups in total. The third kappa shape index (κ3) is 6.13. The number of hydrogen-bond acceptors (Lipinski definition) is 7. The number of rotatable bonds is 9. The van der Waals surface area contributed by atoms with Gasteiger partial charge in [0.05, 0.1) is 18.0 Å². The number of benzene rings is 2. The molecule has 2 aromatic carbocycles. The van der Waals surface area contributed by atoms with E-state index in [1.807, 2.05) is 60.0 Å². The summed E-state index contributed by atoms with van der Waals surface area (Å²) in [7, 11) is 0. The molecule has 0 radical (unpaired) electrons. The van der Waals surface area contributed by atoms with Crippen molar-refractivity contribution in [2.45, 2.75) is 18.9 Å². The molecule has 0 aliphatic carbocycles. The first-order chi connectivity index (χ1) is 15.3. The number of thiazole rings is 1. The lowest BCUT2D eigenvalue weighted by Gasteiger charge is -2.12. The summed E-state index contributed by atoms with van der Waals surface area (Å²) in [6.07, 6.45) is 3.80. The van der Waals surface area contributed by atoms with E-state index in [0.717, 1.165) is 36.3 Å². The van der Waals surface area contributed by atoms with Crippen LogP contribution in [0.1, 0.15) is 18.4 Å². The van der Waals surface area contributed by atoms with Gasteiger partial charge in [0.2, 0.25) is 5.13 Å². The van der Waals surface area contributed by atoms with Gasteiger partial charge in [0.15, 0.2) is 6.61 Å². The van der Waals surface area contributed by atoms with Crippen molar-refractivity contribution in [2.75, 3.05) is 25.2 Å². The molecule has 160 valence electrons. The largest absolute Gasteiger partial charge is 0.483 e. The van der Waals surface area contributed by atoms with Crippen LogP contribution in [0.15, 0.2) is 65.1 Å². The summed E-state index contributed by atoms with van der Waals surface area (Å²) >= 11 is 1.48. The molecule has 0 saturated carbocycles. The molecule has 1 atom stereocenters. The number of anilines is 1. The van der Waals surface area contributed by atoms with E-state index in [4.69, 9.17) is 9.47 Å². The molecule has 3 aromatic rings. The lowest BCUT2D eigenvalue weighted by atomic mass is 10.2. The average molecular weight is 437 g/mol. The number of aromatic nitrogens is 1. The first kappa shape index (κ1) is 21.0. The maximum atomic E-state index is 12.1. The number of carbonyl (C=O) groups excluding carboxylic acids is 1. The van der Waals surface area contributed by atoms with Gasteiger partial charge in [-0.3, -0.25) is 10.2 Å². The zero-order valence-electron chi connectivity index (χ0n) is 17.0. The summed E-state index contributed by atoms with van der Waals surface area (Å²) in [6.45, 7) is 1.23. The lowest BCUT2D eigenvalue weighted by Crippen LogP contribution is -2.35. The van der Waals surface area contributed by atoms with Crippen molar-refractivity contribution in [1.29, 1.82) is 0 Å². The van der Waals surface area contributed by atoms with Crippen molar-refractivity contribution < 1.29 is 14.3 Å². The summed E-state index contributed by atoms with van der Waals surface area (Å²) < 4.78 is 11.2. The highest BCUT2D eigenvalue weighted by atomic mass is 32.1. The Hall–Kier alpha value is -3.23. The Balaban J connectivity index is 1.29. The summed E-state index contributed by atoms with van der Waals surface area (Å²) in [5, 5.41) is 9.81. The van der Waals surface area contributed by atoms with Crippen LogP contribution >= 0.6 is 11.3 Å². The maximum Gasteiger partial charge on any atom is 0.258 e. The van der Waals surface area contributed by atoms with E-state index < -0.39 is 0 Å². The van der Waals surface area contributed by atoms with E-state index in [0.29, 0.717) is 17.4 Å². The van der Waals surface area contributed by atoms with Crippen LogP contribution in [0.2, 0.25) is 0 Å². The van der Waals surface area contributed by atoms with E-state index in [-0.39, 0.29) is 18.6 Å². The van der Waals surface area contributed by atoms with Crippen LogP contribution in [0, 0.1) is 0 Å². The smallest absolute Gasteiger partial charge is 0.258 e. The lowest BCUT2D eigenvalue weighted by molar-refractivity contribution is -0.123. The van der Waals surface area contributed by atoms with Gasteiger partial charge in [-0.05, 0) is 25.0 Å². The zero-order chi connectivity index (χ0) is 21.3. The normalized spacial score (nSPS) is 15.8. The van der Waals surface area contributed by atoms with E-state index in [2.05, 4.69) is 20.8 Å². The highest BCUT2D eigenvalue weighted by Crippen LogP contribution is 2.24. The van der Waals surface area contributed by atoms with E-state index in [1.165, 1.54) is 11.3 Å². The highest BCUT2D eigenvalue weighted by Gasteiger charge is 2.16. The minimum absolute atomic E-state index is 0.0576. The molecule has 1 fully saturated rings. The number of carbonyl (C=O) groups is 1. The molecule has 1 aromatic heterocycles. The summed E-state index contributed by atoms with van der Waals surface area (Å²) in [6, 6.07) is 17.4. The highest BCUT2D eigenvalue weighted by molar-refractivity contribution is 7.14. The van der Waals surface area contributed by atoms with Gasteiger partial charge in [0.1, 0.15) is 5.75 Å². The fourth-order valence-electron chi connectivity index (χ4n) is 3.17. The number of para-hydroxylation sites is 1. The Kier molecular flexibility index (Phi) is 7.25. The number of nitrogens with zero attached hydrogens (tertiary/aromatic N) is 2. The van der Waals surface area contributed by atoms with Crippen LogP contribution in [0.25, 0.3) is 11.3 Å². The molecule has 7 nitrogen and oxygen atoms in total. The predicted molar refractivity (Wildman–Crippen MR) is 123 cm³/mol. The van der Waals surface area contributed by atoms with Gasteiger partial charge in [-0.25, -0.2) is 4.98 Å². The molecule has 1 saturated heterocycles. The SMILES string of the molecule is O=C(COc1ccccc1C=NNc1nc(-c2ccccc2)cs1)NCC1CCCO1. The number of ether oxygens (including phenoxy) is 2. The quantitative estimate of drug-likeness (QED) is 0.392. The van der Waals surface area contributed by atoms with Gasteiger partial charge < -0.3 is 14.8 Å². The molecule has 31 heavy (non-hydrogen) atoms. The van der Waals surface area contributed by atoms with Gasteiger partial charge in [0, 0.05) is 29.7 Å². The van der Waals surface area contributed by atoms with Crippen molar-refractivity contribution >= 4 is 28.6 Å². The molecule has 1 unspecified atom stereocenters. The van der Waals surface area contributed by atoms with Gasteiger partial charge in [0.25, 0.3) is 5.91 Å². The maximum absolute atomic E-state index is 12.1. The van der Waals surface area contributed by atoms with Crippen molar-refractivity contribution in [3.63, 3.8) is 0 Å². The van der Waals surface area contributed by atoms with Crippen molar-refractivity contribution in [3.8, 4) is 17.0 Å². The Morgan fingerprint density at radius 3 is 2.90 bits per heavy atom. The fourth-order valence-corrected chi connectivity index (χ4v) is 3.84. The second kappa shape index (κ2) is 10.7. The van der Waals surface area contributed by atoms with Crippen LogP contribution < -0.4 is 15.5 Å². The van der Waals surface area contributed by atoms with E-state index in [9.17, 15) is 4.79 Å². The molecule has 0 spiro atoms. The van der Waals surface area contributed by atoms with Crippen molar-refractivity contribution in [3.05, 3.63) is 65.5 Å². The Bertz CT molecular complexity index is 1020. The zero-order valence-corrected chi connectivity index (χ0v) is 17.8. The van der Waals surface area contributed by atoms with Crippen LogP contribution in [0.5, 0.6) is 5.75 Å². The van der Waals surface area contributed by atoms with E-state index >= 15 is 0 Å². The van der Waals surface area contributed by atoms with E-state index in [1.54, 1.807) is 6.21 Å². The standard InChI is InChI=1S/C23H24N4O3S/c28-22(24-14-19-10-6-12-29-19)15-30-21-11-5-4-9-18(21)13-25-27-23-26-20(16-31-23)17-7-2-1-3-8-17/h1-5,7-9,11,13,16,19H,6,10,12,14-15H2,(H,24,28)(H,26,27). The van der Waals surface area contributed by atoms with Crippen molar-refractivity contribution in [2.24, 2.45) is 5.10 Å². The number of amides is 1. The third-order valence-corrected chi connectivity index (χ3v) is 5.51. The van der Waals surface area contributed by atoms with Crippen LogP contribution in [-0.2, 0) is 9.53 Å². The first-order valence-corrected chi connectivity index (χ1v) is 11.1.